The Balaban J connectivity index is 1.20. The smallest absolute Gasteiger partial charge is 0.407 e. The lowest BCUT2D eigenvalue weighted by molar-refractivity contribution is -0.120. The van der Waals surface area contributed by atoms with Crippen LogP contribution in [0.15, 0.2) is 115 Å². The molecule has 0 aromatic heterocycles. The number of halogens is 1. The van der Waals surface area contributed by atoms with Crippen molar-refractivity contribution in [3.05, 3.63) is 143 Å². The highest BCUT2D eigenvalue weighted by atomic mass is 19.1. The summed E-state index contributed by atoms with van der Waals surface area (Å²) in [6.45, 7) is 3.26. The number of nitrogens with zero attached hydrogens (tertiary/aromatic N) is 1. The maximum absolute atomic E-state index is 13.8. The van der Waals surface area contributed by atoms with E-state index >= 15 is 0 Å². The fourth-order valence-corrected chi connectivity index (χ4v) is 6.36. The van der Waals surface area contributed by atoms with Crippen molar-refractivity contribution in [1.82, 2.24) is 15.5 Å². The molecule has 0 bridgehead atoms. The highest BCUT2D eigenvalue weighted by Crippen LogP contribution is 2.37. The molecule has 1 aliphatic heterocycles. The Morgan fingerprint density at radius 2 is 1.42 bits per heavy atom. The minimum Gasteiger partial charge on any atom is -0.445 e. The van der Waals surface area contributed by atoms with E-state index in [4.69, 9.17) is 4.74 Å². The normalized spacial score (nSPS) is 14.1. The second-order valence-electron chi connectivity index (χ2n) is 11.8. The minimum absolute atomic E-state index is 0.141. The van der Waals surface area contributed by atoms with Crippen LogP contribution in [0.2, 0.25) is 0 Å². The summed E-state index contributed by atoms with van der Waals surface area (Å²) in [6.07, 6.45) is 3.17. The van der Waals surface area contributed by atoms with E-state index in [0.29, 0.717) is 12.5 Å². The van der Waals surface area contributed by atoms with Crippen molar-refractivity contribution in [2.75, 3.05) is 32.7 Å². The van der Waals surface area contributed by atoms with Gasteiger partial charge in [0.25, 0.3) is 0 Å². The number of carbonyl (C=O) groups excluding carboxylic acids is 2. The lowest BCUT2D eigenvalue weighted by Crippen LogP contribution is -2.45. The van der Waals surface area contributed by atoms with Crippen LogP contribution in [0.25, 0.3) is 0 Å². The lowest BCUT2D eigenvalue weighted by Gasteiger charge is -2.37. The van der Waals surface area contributed by atoms with Crippen molar-refractivity contribution in [1.29, 1.82) is 0 Å². The van der Waals surface area contributed by atoms with E-state index in [0.717, 1.165) is 67.6 Å². The number of likely N-dealkylation sites (tertiary alicyclic amines) is 1. The zero-order valence-corrected chi connectivity index (χ0v) is 25.7. The third-order valence-corrected chi connectivity index (χ3v) is 8.83. The Bertz CT molecular complexity index is 1450. The second kappa shape index (κ2) is 16.0. The van der Waals surface area contributed by atoms with Crippen LogP contribution in [-0.4, -0.2) is 49.6 Å². The van der Waals surface area contributed by atoms with Crippen molar-refractivity contribution in [2.24, 2.45) is 0 Å². The van der Waals surface area contributed by atoms with Gasteiger partial charge in [-0.05, 0) is 85.6 Å². The molecule has 7 heteroatoms. The second-order valence-corrected chi connectivity index (χ2v) is 11.8. The van der Waals surface area contributed by atoms with Crippen LogP contribution in [0.3, 0.4) is 0 Å². The Morgan fingerprint density at radius 3 is 2.04 bits per heavy atom. The van der Waals surface area contributed by atoms with E-state index < -0.39 is 11.5 Å². The molecular formula is C38H42FN3O3. The van der Waals surface area contributed by atoms with Crippen LogP contribution in [0, 0.1) is 5.82 Å². The number of benzene rings is 4. The molecule has 2 amide bonds. The van der Waals surface area contributed by atoms with Crippen LogP contribution >= 0.6 is 0 Å². The molecule has 0 radical (unpaired) electrons. The summed E-state index contributed by atoms with van der Waals surface area (Å²) < 4.78 is 19.0. The number of nitrogens with one attached hydrogen (secondary N) is 2. The van der Waals surface area contributed by atoms with Crippen molar-refractivity contribution < 1.29 is 18.7 Å². The maximum Gasteiger partial charge on any atom is 0.407 e. The molecule has 0 spiro atoms. The van der Waals surface area contributed by atoms with Gasteiger partial charge in [0, 0.05) is 12.0 Å². The Morgan fingerprint density at radius 1 is 0.800 bits per heavy atom. The predicted molar refractivity (Wildman–Crippen MR) is 175 cm³/mol. The summed E-state index contributed by atoms with van der Waals surface area (Å²) in [6, 6.07) is 37.1. The maximum atomic E-state index is 13.8. The first-order valence-corrected chi connectivity index (χ1v) is 15.8. The third kappa shape index (κ3) is 9.02. The standard InChI is InChI=1S/C38H42FN3O3/c39-35-19-10-14-32(26-35)31-20-24-42(25-21-31)23-11-22-38(33-15-6-2-7-16-33,34-17-8-3-9-18-34)29-41-36(43)27-40-37(44)45-28-30-12-4-1-5-13-30/h1-10,12-19,26,31H,11,20-25,27-29H2,(H,40,44)(H,41,43). The summed E-state index contributed by atoms with van der Waals surface area (Å²) in [5, 5.41) is 5.69. The lowest BCUT2D eigenvalue weighted by atomic mass is 9.71. The summed E-state index contributed by atoms with van der Waals surface area (Å²) in [7, 11) is 0. The van der Waals surface area contributed by atoms with Gasteiger partial charge in [-0.25, -0.2) is 9.18 Å². The topological polar surface area (TPSA) is 70.7 Å². The molecule has 0 atom stereocenters. The Kier molecular flexibility index (Phi) is 11.4. The number of ether oxygens (including phenoxy) is 1. The van der Waals surface area contributed by atoms with Crippen molar-refractivity contribution in [3.8, 4) is 0 Å². The van der Waals surface area contributed by atoms with Crippen LogP contribution in [0.1, 0.15) is 53.9 Å². The summed E-state index contributed by atoms with van der Waals surface area (Å²) in [5.41, 5.74) is 3.79. The summed E-state index contributed by atoms with van der Waals surface area (Å²) in [4.78, 5) is 27.7. The third-order valence-electron chi connectivity index (χ3n) is 8.83. The number of hydrogen-bond donors (Lipinski definition) is 2. The van der Waals surface area contributed by atoms with E-state index in [-0.39, 0.29) is 24.9 Å². The zero-order valence-electron chi connectivity index (χ0n) is 25.7. The van der Waals surface area contributed by atoms with Gasteiger partial charge in [0.2, 0.25) is 5.91 Å². The van der Waals surface area contributed by atoms with Gasteiger partial charge in [-0.3, -0.25) is 4.79 Å². The molecule has 1 heterocycles. The zero-order chi connectivity index (χ0) is 31.3. The largest absolute Gasteiger partial charge is 0.445 e. The number of rotatable bonds is 13. The first kappa shape index (κ1) is 31.9. The van der Waals surface area contributed by atoms with Gasteiger partial charge in [0.05, 0.1) is 6.54 Å². The van der Waals surface area contributed by atoms with E-state index in [1.165, 1.54) is 6.07 Å². The number of amides is 2. The minimum atomic E-state index is -0.632. The highest BCUT2D eigenvalue weighted by molar-refractivity contribution is 5.82. The molecule has 2 N–H and O–H groups in total. The molecule has 4 aromatic rings. The van der Waals surface area contributed by atoms with Crippen LogP contribution in [-0.2, 0) is 21.6 Å². The Hall–Kier alpha value is -4.49. The number of carbonyl (C=O) groups is 2. The van der Waals surface area contributed by atoms with Crippen LogP contribution in [0.4, 0.5) is 9.18 Å². The molecular weight excluding hydrogens is 565 g/mol. The molecule has 0 aliphatic carbocycles. The summed E-state index contributed by atoms with van der Waals surface area (Å²) >= 11 is 0. The van der Waals surface area contributed by atoms with Gasteiger partial charge in [0.1, 0.15) is 12.4 Å². The average molecular weight is 608 g/mol. The monoisotopic (exact) mass is 607 g/mol. The fourth-order valence-electron chi connectivity index (χ4n) is 6.36. The van der Waals surface area contributed by atoms with Gasteiger partial charge >= 0.3 is 6.09 Å². The summed E-state index contributed by atoms with van der Waals surface area (Å²) in [5.74, 6) is -0.0506. The molecule has 0 saturated carbocycles. The van der Waals surface area contributed by atoms with Gasteiger partial charge in [-0.15, -0.1) is 0 Å². The molecule has 1 fully saturated rings. The van der Waals surface area contributed by atoms with Gasteiger partial charge < -0.3 is 20.3 Å². The van der Waals surface area contributed by atoms with Gasteiger partial charge in [0.15, 0.2) is 0 Å². The molecule has 234 valence electrons. The molecule has 6 nitrogen and oxygen atoms in total. The van der Waals surface area contributed by atoms with Crippen LogP contribution in [0.5, 0.6) is 0 Å². The predicted octanol–water partition coefficient (Wildman–Crippen LogP) is 6.81. The quantitative estimate of drug-likeness (QED) is 0.175. The number of piperidine rings is 1. The number of hydrogen-bond acceptors (Lipinski definition) is 4. The number of alkyl carbamates (subject to hydrolysis) is 1. The molecule has 4 aromatic carbocycles. The van der Waals surface area contributed by atoms with Crippen molar-refractivity contribution in [2.45, 2.75) is 43.6 Å². The Labute approximate surface area is 265 Å². The molecule has 5 rings (SSSR count). The molecule has 1 saturated heterocycles. The van der Waals surface area contributed by atoms with E-state index in [1.54, 1.807) is 12.1 Å². The van der Waals surface area contributed by atoms with E-state index in [1.807, 2.05) is 72.8 Å². The van der Waals surface area contributed by atoms with Gasteiger partial charge in [-0.2, -0.15) is 0 Å². The average Bonchev–Trinajstić information content (AvgIpc) is 3.09. The fraction of sp³-hybridized carbons (Fsp3) is 0.316. The highest BCUT2D eigenvalue weighted by Gasteiger charge is 2.34. The van der Waals surface area contributed by atoms with E-state index in [9.17, 15) is 14.0 Å². The van der Waals surface area contributed by atoms with Crippen molar-refractivity contribution >= 4 is 12.0 Å². The van der Waals surface area contributed by atoms with E-state index in [2.05, 4.69) is 39.8 Å². The first-order chi connectivity index (χ1) is 22.0. The molecule has 0 unspecified atom stereocenters. The SMILES string of the molecule is O=C(CNC(=O)OCc1ccccc1)NCC(CCCN1CCC(c2cccc(F)c2)CC1)(c1ccccc1)c1ccccc1. The van der Waals surface area contributed by atoms with Gasteiger partial charge in [-0.1, -0.05) is 103 Å². The molecule has 45 heavy (non-hydrogen) atoms. The first-order valence-electron chi connectivity index (χ1n) is 15.8. The molecule has 1 aliphatic rings. The van der Waals surface area contributed by atoms with Crippen molar-refractivity contribution in [3.63, 3.8) is 0 Å². The van der Waals surface area contributed by atoms with Crippen LogP contribution < -0.4 is 10.6 Å².